The number of aromatic nitrogens is 2. The number of aromatic amines is 1. The molecule has 7 nitrogen and oxygen atoms in total. The molecule has 0 amide bonds. The van der Waals surface area contributed by atoms with Crippen LogP contribution in [0.3, 0.4) is 0 Å². The Morgan fingerprint density at radius 2 is 1.76 bits per heavy atom. The van der Waals surface area contributed by atoms with Gasteiger partial charge < -0.3 is 9.72 Å². The van der Waals surface area contributed by atoms with Crippen molar-refractivity contribution in [2.24, 2.45) is 0 Å². The first kappa shape index (κ1) is 22.1. The highest BCUT2D eigenvalue weighted by atomic mass is 16.5. The quantitative estimate of drug-likeness (QED) is 0.439. The van der Waals surface area contributed by atoms with E-state index in [0.717, 1.165) is 15.7 Å². The van der Waals surface area contributed by atoms with Crippen LogP contribution in [0.4, 0.5) is 0 Å². The molecule has 7 heteroatoms. The first-order valence-corrected chi connectivity index (χ1v) is 9.44. The number of H-pyrrole nitrogens is 1. The van der Waals surface area contributed by atoms with E-state index in [1.165, 1.54) is 6.08 Å². The monoisotopic (exact) mass is 398 g/mol. The molecule has 0 radical (unpaired) electrons. The van der Waals surface area contributed by atoms with E-state index in [9.17, 15) is 19.2 Å². The molecule has 29 heavy (non-hydrogen) atoms. The summed E-state index contributed by atoms with van der Waals surface area (Å²) in [6.45, 7) is 12.3. The third-order valence-electron chi connectivity index (χ3n) is 4.39. The highest BCUT2D eigenvalue weighted by Gasteiger charge is 2.27. The van der Waals surface area contributed by atoms with Crippen LogP contribution < -0.4 is 11.2 Å². The lowest BCUT2D eigenvalue weighted by Gasteiger charge is -2.18. The average Bonchev–Trinajstić information content (AvgIpc) is 2.62. The van der Waals surface area contributed by atoms with Crippen molar-refractivity contribution >= 4 is 11.8 Å². The van der Waals surface area contributed by atoms with Gasteiger partial charge in [-0.1, -0.05) is 30.2 Å². The van der Waals surface area contributed by atoms with Crippen molar-refractivity contribution in [3.05, 3.63) is 79.6 Å². The maximum atomic E-state index is 13.0. The van der Waals surface area contributed by atoms with E-state index in [1.54, 1.807) is 32.9 Å². The summed E-state index contributed by atoms with van der Waals surface area (Å²) >= 11 is 0. The summed E-state index contributed by atoms with van der Waals surface area (Å²) in [7, 11) is 0. The van der Waals surface area contributed by atoms with Gasteiger partial charge in [0.1, 0.15) is 0 Å². The van der Waals surface area contributed by atoms with Gasteiger partial charge in [-0.05, 0) is 46.2 Å². The number of carbonyl (C=O) groups excluding carboxylic acids is 2. The Hall–Kier alpha value is -3.22. The van der Waals surface area contributed by atoms with E-state index in [4.69, 9.17) is 4.74 Å². The molecule has 0 bridgehead atoms. The van der Waals surface area contributed by atoms with Crippen LogP contribution in [0.5, 0.6) is 0 Å². The van der Waals surface area contributed by atoms with Gasteiger partial charge in [0.05, 0.1) is 11.8 Å². The number of ketones is 1. The summed E-state index contributed by atoms with van der Waals surface area (Å²) in [4.78, 5) is 53.6. The predicted molar refractivity (Wildman–Crippen MR) is 111 cm³/mol. The van der Waals surface area contributed by atoms with Crippen LogP contribution in [0.2, 0.25) is 0 Å². The van der Waals surface area contributed by atoms with Crippen molar-refractivity contribution in [3.8, 4) is 0 Å². The van der Waals surface area contributed by atoms with E-state index in [0.29, 0.717) is 5.56 Å². The van der Waals surface area contributed by atoms with Gasteiger partial charge in [0.15, 0.2) is 6.04 Å². The van der Waals surface area contributed by atoms with Crippen molar-refractivity contribution in [2.75, 3.05) is 0 Å². The Morgan fingerprint density at radius 1 is 1.17 bits per heavy atom. The summed E-state index contributed by atoms with van der Waals surface area (Å²) in [5.74, 6) is -1.21. The van der Waals surface area contributed by atoms with Crippen LogP contribution >= 0.6 is 0 Å². The summed E-state index contributed by atoms with van der Waals surface area (Å²) in [5, 5.41) is 0. The molecule has 1 aromatic heterocycles. The molecule has 0 saturated heterocycles. The second kappa shape index (κ2) is 8.86. The van der Waals surface area contributed by atoms with Crippen LogP contribution in [0.25, 0.3) is 0 Å². The Labute approximate surface area is 169 Å². The Bertz CT molecular complexity index is 1060. The maximum absolute atomic E-state index is 13.0. The molecule has 1 atom stereocenters. The van der Waals surface area contributed by atoms with E-state index >= 15 is 0 Å². The minimum Gasteiger partial charge on any atom is -0.461 e. The average molecular weight is 398 g/mol. The van der Waals surface area contributed by atoms with Crippen molar-refractivity contribution in [3.63, 3.8) is 0 Å². The number of ether oxygens (including phenoxy) is 1. The number of aryl methyl sites for hydroxylation is 2. The third-order valence-corrected chi connectivity index (χ3v) is 4.39. The van der Waals surface area contributed by atoms with Gasteiger partial charge in [0.25, 0.3) is 5.56 Å². The number of esters is 1. The molecule has 1 N–H and O–H groups in total. The zero-order valence-electron chi connectivity index (χ0n) is 17.4. The first-order valence-electron chi connectivity index (χ1n) is 9.44. The molecule has 154 valence electrons. The van der Waals surface area contributed by atoms with Crippen molar-refractivity contribution in [2.45, 2.75) is 53.2 Å². The molecule has 0 aliphatic carbocycles. The molecule has 0 spiro atoms. The van der Waals surface area contributed by atoms with Crippen LogP contribution in [0, 0.1) is 13.8 Å². The predicted octanol–water partition coefficient (Wildman–Crippen LogP) is 2.63. The SMILES string of the molecule is C=CC(C(=O)OC(C)C)n1c(=O)[nH]c(C(=O)c2cc(C)cc(C)c2)c(CC)c1=O. The molecule has 0 aliphatic rings. The second-order valence-electron chi connectivity index (χ2n) is 7.18. The number of rotatable bonds is 7. The first-order chi connectivity index (χ1) is 13.6. The van der Waals surface area contributed by atoms with Gasteiger partial charge in [-0.3, -0.25) is 9.59 Å². The third kappa shape index (κ3) is 4.62. The topological polar surface area (TPSA) is 98.2 Å². The normalized spacial score (nSPS) is 11.9. The zero-order chi connectivity index (χ0) is 21.9. The van der Waals surface area contributed by atoms with Gasteiger partial charge in [-0.25, -0.2) is 14.2 Å². The Morgan fingerprint density at radius 3 is 2.24 bits per heavy atom. The van der Waals surface area contributed by atoms with E-state index in [2.05, 4.69) is 11.6 Å². The fourth-order valence-electron chi connectivity index (χ4n) is 3.22. The maximum Gasteiger partial charge on any atom is 0.333 e. The van der Waals surface area contributed by atoms with Crippen LogP contribution in [-0.4, -0.2) is 27.4 Å². The van der Waals surface area contributed by atoms with E-state index in [1.807, 2.05) is 19.9 Å². The molecular weight excluding hydrogens is 372 g/mol. The van der Waals surface area contributed by atoms with Crippen molar-refractivity contribution in [1.29, 1.82) is 0 Å². The van der Waals surface area contributed by atoms with Gasteiger partial charge >= 0.3 is 11.7 Å². The minimum absolute atomic E-state index is 0.0659. The number of carbonyl (C=O) groups is 2. The van der Waals surface area contributed by atoms with Crippen molar-refractivity contribution < 1.29 is 14.3 Å². The molecule has 1 aromatic carbocycles. The summed E-state index contributed by atoms with van der Waals surface area (Å²) < 4.78 is 5.87. The van der Waals surface area contributed by atoms with Gasteiger partial charge in [-0.15, -0.1) is 6.58 Å². The van der Waals surface area contributed by atoms with Gasteiger partial charge in [0, 0.05) is 11.1 Å². The lowest BCUT2D eigenvalue weighted by molar-refractivity contribution is -0.150. The molecular formula is C22H26N2O5. The molecule has 1 unspecified atom stereocenters. The summed E-state index contributed by atoms with van der Waals surface area (Å²) in [6, 6.07) is 4.04. The summed E-state index contributed by atoms with van der Waals surface area (Å²) in [5.41, 5.74) is 0.641. The van der Waals surface area contributed by atoms with Crippen LogP contribution in [0.1, 0.15) is 59.6 Å². The van der Waals surface area contributed by atoms with Crippen molar-refractivity contribution in [1.82, 2.24) is 9.55 Å². The number of benzene rings is 1. The number of nitrogens with zero attached hydrogens (tertiary/aromatic N) is 1. The standard InChI is InChI=1S/C22H26N2O5/c1-7-16-18(19(25)15-10-13(5)9-14(6)11-15)23-22(28)24(20(16)26)17(8-2)21(27)29-12(3)4/h8-12,17H,2,7H2,1,3-6H3,(H,23,28). The number of nitrogens with one attached hydrogen (secondary N) is 1. The highest BCUT2D eigenvalue weighted by Crippen LogP contribution is 2.15. The van der Waals surface area contributed by atoms with Gasteiger partial charge in [-0.2, -0.15) is 0 Å². The van der Waals surface area contributed by atoms with Gasteiger partial charge in [0.2, 0.25) is 5.78 Å². The molecule has 2 rings (SSSR count). The largest absolute Gasteiger partial charge is 0.461 e. The molecule has 0 saturated carbocycles. The lowest BCUT2D eigenvalue weighted by atomic mass is 9.99. The highest BCUT2D eigenvalue weighted by molar-refractivity contribution is 6.08. The minimum atomic E-state index is -1.29. The zero-order valence-corrected chi connectivity index (χ0v) is 17.4. The molecule has 2 aromatic rings. The smallest absolute Gasteiger partial charge is 0.333 e. The van der Waals surface area contributed by atoms with E-state index < -0.39 is 35.1 Å². The molecule has 0 aliphatic heterocycles. The molecule has 0 fully saturated rings. The lowest BCUT2D eigenvalue weighted by Crippen LogP contribution is -2.44. The van der Waals surface area contributed by atoms with E-state index in [-0.39, 0.29) is 17.7 Å². The number of hydrogen-bond donors (Lipinski definition) is 1. The fourth-order valence-corrected chi connectivity index (χ4v) is 3.22. The van der Waals surface area contributed by atoms with Crippen LogP contribution in [0.15, 0.2) is 40.4 Å². The van der Waals surface area contributed by atoms with Crippen LogP contribution in [-0.2, 0) is 16.0 Å². The number of hydrogen-bond acceptors (Lipinski definition) is 5. The summed E-state index contributed by atoms with van der Waals surface area (Å²) in [6.07, 6.45) is 0.951. The fraction of sp³-hybridized carbons (Fsp3) is 0.364. The Kier molecular flexibility index (Phi) is 6.74. The second-order valence-corrected chi connectivity index (χ2v) is 7.18. The molecule has 1 heterocycles. The Balaban J connectivity index is 2.66.